The average Bonchev–Trinajstić information content (AvgIpc) is 1.94. The van der Waals surface area contributed by atoms with Crippen LogP contribution in [-0.4, -0.2) is 16.2 Å². The number of alkyl halides is 2. The van der Waals surface area contributed by atoms with Crippen molar-refractivity contribution in [1.29, 1.82) is 0 Å². The van der Waals surface area contributed by atoms with E-state index in [4.69, 9.17) is 16.7 Å². The molecule has 0 aromatic carbocycles. The van der Waals surface area contributed by atoms with Crippen molar-refractivity contribution < 1.29 is 18.7 Å². The van der Waals surface area contributed by atoms with Gasteiger partial charge in [-0.15, -0.1) is 0 Å². The Morgan fingerprint density at radius 1 is 1.75 bits per heavy atom. The number of carboxylic acids is 1. The molecule has 1 aliphatic rings. The summed E-state index contributed by atoms with van der Waals surface area (Å²) in [6.07, 6.45) is 2.12. The summed E-state index contributed by atoms with van der Waals surface area (Å²) in [7, 11) is 0. The maximum Gasteiger partial charge on any atom is 0.315 e. The Morgan fingerprint density at radius 2 is 2.33 bits per heavy atom. The molecule has 12 heavy (non-hydrogen) atoms. The molecule has 0 saturated heterocycles. The third kappa shape index (κ3) is 1.64. The van der Waals surface area contributed by atoms with Gasteiger partial charge < -0.3 is 5.11 Å². The lowest BCUT2D eigenvalue weighted by atomic mass is 9.98. The van der Waals surface area contributed by atoms with Crippen molar-refractivity contribution in [3.05, 3.63) is 24.1 Å². The highest BCUT2D eigenvalue weighted by molar-refractivity contribution is 6.25. The zero-order valence-corrected chi connectivity index (χ0v) is 6.55. The molecule has 1 rings (SSSR count). The van der Waals surface area contributed by atoms with E-state index in [0.29, 0.717) is 12.2 Å². The van der Waals surface area contributed by atoms with E-state index in [1.54, 1.807) is 0 Å². The largest absolute Gasteiger partial charge is 0.481 e. The molecule has 66 valence electrons. The first-order chi connectivity index (χ1) is 5.43. The second-order valence-electron chi connectivity index (χ2n) is 2.38. The van der Waals surface area contributed by atoms with Gasteiger partial charge in [0.15, 0.2) is 0 Å². The van der Waals surface area contributed by atoms with Gasteiger partial charge in [0, 0.05) is 0 Å². The van der Waals surface area contributed by atoms with Gasteiger partial charge in [0.1, 0.15) is 11.7 Å². The predicted octanol–water partition coefficient (Wildman–Crippen LogP) is 2.02. The lowest BCUT2D eigenvalue weighted by molar-refractivity contribution is -0.142. The highest BCUT2D eigenvalue weighted by atomic mass is 35.5. The molecule has 0 bridgehead atoms. The first-order valence-electron chi connectivity index (χ1n) is 3.10. The quantitative estimate of drug-likeness (QED) is 0.649. The van der Waals surface area contributed by atoms with E-state index in [9.17, 15) is 13.6 Å². The highest BCUT2D eigenvalue weighted by Crippen LogP contribution is 2.35. The summed E-state index contributed by atoms with van der Waals surface area (Å²) in [6, 6.07) is 0. The Hall–Kier alpha value is -0.900. The van der Waals surface area contributed by atoms with Crippen LogP contribution in [0.2, 0.25) is 0 Å². The molecule has 0 aliphatic heterocycles. The first kappa shape index (κ1) is 9.19. The SMILES string of the molecule is O=C(O)C1C=C(F)C=CC1(F)Cl. The van der Waals surface area contributed by atoms with Gasteiger partial charge in [-0.25, -0.2) is 8.78 Å². The standard InChI is InChI=1S/C7H5ClF2O2/c8-7(10)2-1-4(9)3-5(7)6(11)12/h1-3,5H,(H,11,12). The molecule has 0 saturated carbocycles. The van der Waals surface area contributed by atoms with E-state index in [2.05, 4.69) is 0 Å². The Morgan fingerprint density at radius 3 is 2.75 bits per heavy atom. The molecule has 0 spiro atoms. The molecule has 1 N–H and O–H groups in total. The molecule has 0 heterocycles. The molecule has 2 atom stereocenters. The third-order valence-corrected chi connectivity index (χ3v) is 1.83. The number of carbonyl (C=O) groups is 1. The van der Waals surface area contributed by atoms with Gasteiger partial charge >= 0.3 is 5.97 Å². The van der Waals surface area contributed by atoms with E-state index in [1.807, 2.05) is 0 Å². The summed E-state index contributed by atoms with van der Waals surface area (Å²) in [5.41, 5.74) is 0. The summed E-state index contributed by atoms with van der Waals surface area (Å²) in [5.74, 6) is -3.95. The number of halogens is 3. The number of aliphatic carboxylic acids is 1. The number of rotatable bonds is 1. The van der Waals surface area contributed by atoms with Crippen molar-refractivity contribution in [3.8, 4) is 0 Å². The number of hydrogen-bond donors (Lipinski definition) is 1. The molecule has 2 unspecified atom stereocenters. The molecule has 2 nitrogen and oxygen atoms in total. The summed E-state index contributed by atoms with van der Waals surface area (Å²) < 4.78 is 25.5. The minimum Gasteiger partial charge on any atom is -0.481 e. The molecular formula is C7H5ClF2O2. The van der Waals surface area contributed by atoms with Crippen LogP contribution in [0.5, 0.6) is 0 Å². The fourth-order valence-corrected chi connectivity index (χ4v) is 1.08. The molecule has 0 fully saturated rings. The van der Waals surface area contributed by atoms with Crippen LogP contribution < -0.4 is 0 Å². The van der Waals surface area contributed by atoms with Crippen LogP contribution in [0.4, 0.5) is 8.78 Å². The molecule has 1 aliphatic carbocycles. The van der Waals surface area contributed by atoms with Gasteiger partial charge in [-0.2, -0.15) is 0 Å². The lowest BCUT2D eigenvalue weighted by Crippen LogP contribution is -2.31. The predicted molar refractivity (Wildman–Crippen MR) is 39.1 cm³/mol. The van der Waals surface area contributed by atoms with Crippen LogP contribution >= 0.6 is 11.6 Å². The maximum atomic E-state index is 13.0. The molecule has 0 aromatic rings. The van der Waals surface area contributed by atoms with E-state index in [-0.39, 0.29) is 0 Å². The lowest BCUT2D eigenvalue weighted by Gasteiger charge is -2.21. The minimum absolute atomic E-state index is 0.634. The second kappa shape index (κ2) is 2.86. The highest BCUT2D eigenvalue weighted by Gasteiger charge is 2.40. The van der Waals surface area contributed by atoms with Crippen molar-refractivity contribution >= 4 is 17.6 Å². The first-order valence-corrected chi connectivity index (χ1v) is 3.48. The number of allylic oxidation sites excluding steroid dienone is 3. The van der Waals surface area contributed by atoms with Crippen molar-refractivity contribution in [2.45, 2.75) is 5.13 Å². The Balaban J connectivity index is 2.98. The van der Waals surface area contributed by atoms with E-state index >= 15 is 0 Å². The third-order valence-electron chi connectivity index (χ3n) is 1.47. The monoisotopic (exact) mass is 194 g/mol. The average molecular weight is 195 g/mol. The van der Waals surface area contributed by atoms with Gasteiger partial charge in [-0.3, -0.25) is 4.79 Å². The summed E-state index contributed by atoms with van der Waals surface area (Å²) in [6.45, 7) is 0. The zero-order valence-electron chi connectivity index (χ0n) is 5.80. The summed E-state index contributed by atoms with van der Waals surface area (Å²) in [4.78, 5) is 10.3. The van der Waals surface area contributed by atoms with Crippen molar-refractivity contribution in [2.75, 3.05) is 0 Å². The molecular weight excluding hydrogens is 190 g/mol. The van der Waals surface area contributed by atoms with Crippen molar-refractivity contribution in [2.24, 2.45) is 5.92 Å². The van der Waals surface area contributed by atoms with Crippen LogP contribution in [0, 0.1) is 5.92 Å². The van der Waals surface area contributed by atoms with E-state index < -0.39 is 22.8 Å². The van der Waals surface area contributed by atoms with E-state index in [0.717, 1.165) is 6.08 Å². The van der Waals surface area contributed by atoms with Gasteiger partial charge in [-0.1, -0.05) is 11.6 Å². The van der Waals surface area contributed by atoms with Crippen LogP contribution in [0.1, 0.15) is 0 Å². The van der Waals surface area contributed by atoms with Crippen LogP contribution in [0.3, 0.4) is 0 Å². The zero-order chi connectivity index (χ0) is 9.35. The molecule has 5 heteroatoms. The maximum absolute atomic E-state index is 13.0. The molecule has 0 amide bonds. The van der Waals surface area contributed by atoms with Crippen LogP contribution in [-0.2, 0) is 4.79 Å². The minimum atomic E-state index is -2.53. The normalized spacial score (nSPS) is 34.6. The smallest absolute Gasteiger partial charge is 0.315 e. The fourth-order valence-electron chi connectivity index (χ4n) is 0.856. The van der Waals surface area contributed by atoms with Gasteiger partial charge in [-0.05, 0) is 18.2 Å². The Bertz CT molecular complexity index is 271. The summed E-state index contributed by atoms with van der Waals surface area (Å²) in [5, 5.41) is 5.90. The summed E-state index contributed by atoms with van der Waals surface area (Å²) >= 11 is 5.15. The van der Waals surface area contributed by atoms with Crippen LogP contribution in [0.15, 0.2) is 24.1 Å². The van der Waals surface area contributed by atoms with Crippen molar-refractivity contribution in [1.82, 2.24) is 0 Å². The Labute approximate surface area is 72.1 Å². The number of carboxylic acid groups (broad SMARTS) is 1. The number of hydrogen-bond acceptors (Lipinski definition) is 1. The van der Waals surface area contributed by atoms with E-state index in [1.165, 1.54) is 0 Å². The van der Waals surface area contributed by atoms with Gasteiger partial charge in [0.25, 0.3) is 0 Å². The van der Waals surface area contributed by atoms with Gasteiger partial charge in [0.2, 0.25) is 5.13 Å². The van der Waals surface area contributed by atoms with Gasteiger partial charge in [0.05, 0.1) is 0 Å². The molecule has 0 aromatic heterocycles. The fraction of sp³-hybridized carbons (Fsp3) is 0.286. The second-order valence-corrected chi connectivity index (χ2v) is 2.95. The van der Waals surface area contributed by atoms with Crippen LogP contribution in [0.25, 0.3) is 0 Å². The Kier molecular flexibility index (Phi) is 2.19. The van der Waals surface area contributed by atoms with Crippen molar-refractivity contribution in [3.63, 3.8) is 0 Å². The molecule has 0 radical (unpaired) electrons. The topological polar surface area (TPSA) is 37.3 Å².